The average molecular weight is 199 g/mol. The van der Waals surface area contributed by atoms with Crippen LogP contribution in [0.15, 0.2) is 0 Å². The Morgan fingerprint density at radius 3 is 2.79 bits per heavy atom. The van der Waals surface area contributed by atoms with E-state index in [4.69, 9.17) is 9.47 Å². The van der Waals surface area contributed by atoms with Crippen molar-refractivity contribution in [2.45, 2.75) is 43.7 Å². The van der Waals surface area contributed by atoms with Crippen LogP contribution in [0.25, 0.3) is 0 Å². The Balaban J connectivity index is 1.69. The summed E-state index contributed by atoms with van der Waals surface area (Å²) in [5, 5.41) is 3.57. The summed E-state index contributed by atoms with van der Waals surface area (Å²) in [5.41, 5.74) is 0.150. The SMILES string of the molecule is COC1(CNC2CCCOC2)CCC1. The van der Waals surface area contributed by atoms with E-state index in [9.17, 15) is 0 Å². The first-order valence-electron chi connectivity index (χ1n) is 5.71. The van der Waals surface area contributed by atoms with Crippen LogP contribution in [0.5, 0.6) is 0 Å². The van der Waals surface area contributed by atoms with Crippen LogP contribution in [0.1, 0.15) is 32.1 Å². The van der Waals surface area contributed by atoms with Gasteiger partial charge in [0.25, 0.3) is 0 Å². The highest BCUT2D eigenvalue weighted by Gasteiger charge is 2.37. The minimum Gasteiger partial charge on any atom is -0.380 e. The molecule has 82 valence electrons. The second kappa shape index (κ2) is 4.60. The molecule has 2 fully saturated rings. The number of nitrogens with one attached hydrogen (secondary N) is 1. The number of hydrogen-bond acceptors (Lipinski definition) is 3. The fourth-order valence-electron chi connectivity index (χ4n) is 2.26. The molecule has 1 aliphatic heterocycles. The van der Waals surface area contributed by atoms with Crippen LogP contribution in [0.3, 0.4) is 0 Å². The highest BCUT2D eigenvalue weighted by atomic mass is 16.5. The second-order valence-electron chi connectivity index (χ2n) is 4.54. The smallest absolute Gasteiger partial charge is 0.0802 e. The molecule has 0 radical (unpaired) electrons. The van der Waals surface area contributed by atoms with Crippen molar-refractivity contribution in [3.63, 3.8) is 0 Å². The number of rotatable bonds is 4. The van der Waals surface area contributed by atoms with Crippen molar-refractivity contribution in [3.05, 3.63) is 0 Å². The topological polar surface area (TPSA) is 30.5 Å². The summed E-state index contributed by atoms with van der Waals surface area (Å²) in [4.78, 5) is 0. The molecule has 3 heteroatoms. The summed E-state index contributed by atoms with van der Waals surface area (Å²) >= 11 is 0. The molecule has 0 aromatic carbocycles. The molecule has 1 saturated carbocycles. The van der Waals surface area contributed by atoms with Gasteiger partial charge in [0.05, 0.1) is 12.2 Å². The molecule has 0 spiro atoms. The van der Waals surface area contributed by atoms with E-state index in [0.717, 1.165) is 19.8 Å². The quantitative estimate of drug-likeness (QED) is 0.741. The van der Waals surface area contributed by atoms with Crippen molar-refractivity contribution in [1.82, 2.24) is 5.32 Å². The van der Waals surface area contributed by atoms with Crippen LogP contribution in [-0.4, -0.2) is 38.5 Å². The zero-order chi connectivity index (χ0) is 9.86. The normalized spacial score (nSPS) is 31.1. The number of methoxy groups -OCH3 is 1. The van der Waals surface area contributed by atoms with Gasteiger partial charge in [-0.15, -0.1) is 0 Å². The third-order valence-corrected chi connectivity index (χ3v) is 3.57. The van der Waals surface area contributed by atoms with Crippen molar-refractivity contribution in [2.75, 3.05) is 26.9 Å². The largest absolute Gasteiger partial charge is 0.380 e. The lowest BCUT2D eigenvalue weighted by Gasteiger charge is -2.41. The first-order chi connectivity index (χ1) is 6.85. The molecule has 0 bridgehead atoms. The fourth-order valence-corrected chi connectivity index (χ4v) is 2.26. The molecule has 1 heterocycles. The monoisotopic (exact) mass is 199 g/mol. The van der Waals surface area contributed by atoms with Gasteiger partial charge in [0, 0.05) is 26.3 Å². The summed E-state index contributed by atoms with van der Waals surface area (Å²) in [5.74, 6) is 0. The van der Waals surface area contributed by atoms with E-state index < -0.39 is 0 Å². The molecule has 1 atom stereocenters. The van der Waals surface area contributed by atoms with Gasteiger partial charge in [-0.3, -0.25) is 0 Å². The highest BCUT2D eigenvalue weighted by molar-refractivity contribution is 4.92. The molecule has 1 unspecified atom stereocenters. The highest BCUT2D eigenvalue weighted by Crippen LogP contribution is 2.34. The first kappa shape index (κ1) is 10.4. The summed E-state index contributed by atoms with van der Waals surface area (Å²) in [6.07, 6.45) is 6.18. The Morgan fingerprint density at radius 1 is 1.43 bits per heavy atom. The summed E-state index contributed by atoms with van der Waals surface area (Å²) in [6, 6.07) is 0.552. The molecule has 14 heavy (non-hydrogen) atoms. The van der Waals surface area contributed by atoms with E-state index >= 15 is 0 Å². The van der Waals surface area contributed by atoms with Crippen molar-refractivity contribution in [1.29, 1.82) is 0 Å². The van der Waals surface area contributed by atoms with E-state index in [1.807, 2.05) is 7.11 Å². The van der Waals surface area contributed by atoms with Crippen molar-refractivity contribution in [3.8, 4) is 0 Å². The first-order valence-corrected chi connectivity index (χ1v) is 5.71. The van der Waals surface area contributed by atoms with Crippen LogP contribution in [0, 0.1) is 0 Å². The Hall–Kier alpha value is -0.120. The van der Waals surface area contributed by atoms with E-state index in [-0.39, 0.29) is 5.60 Å². The second-order valence-corrected chi connectivity index (χ2v) is 4.54. The minimum absolute atomic E-state index is 0.150. The van der Waals surface area contributed by atoms with Gasteiger partial charge in [0.15, 0.2) is 0 Å². The van der Waals surface area contributed by atoms with E-state index in [2.05, 4.69) is 5.32 Å². The van der Waals surface area contributed by atoms with Gasteiger partial charge in [-0.1, -0.05) is 0 Å². The molecule has 1 N–H and O–H groups in total. The Labute approximate surface area is 86.2 Å². The maximum Gasteiger partial charge on any atom is 0.0802 e. The Bertz CT molecular complexity index is 169. The molecule has 0 aromatic rings. The lowest BCUT2D eigenvalue weighted by Crippen LogP contribution is -2.51. The van der Waals surface area contributed by atoms with Crippen LogP contribution in [-0.2, 0) is 9.47 Å². The van der Waals surface area contributed by atoms with Gasteiger partial charge >= 0.3 is 0 Å². The fraction of sp³-hybridized carbons (Fsp3) is 1.00. The van der Waals surface area contributed by atoms with Crippen molar-refractivity contribution in [2.24, 2.45) is 0 Å². The standard InChI is InChI=1S/C11H21NO2/c1-13-11(5-3-6-11)9-12-10-4-2-7-14-8-10/h10,12H,2-9H2,1H3. The lowest BCUT2D eigenvalue weighted by molar-refractivity contribution is -0.0735. The third kappa shape index (κ3) is 2.27. The molecule has 1 saturated heterocycles. The zero-order valence-corrected chi connectivity index (χ0v) is 9.05. The van der Waals surface area contributed by atoms with Crippen molar-refractivity contribution < 1.29 is 9.47 Å². The maximum atomic E-state index is 5.56. The van der Waals surface area contributed by atoms with E-state index in [1.165, 1.54) is 32.1 Å². The summed E-state index contributed by atoms with van der Waals surface area (Å²) in [6.45, 7) is 2.81. The van der Waals surface area contributed by atoms with Gasteiger partial charge in [-0.2, -0.15) is 0 Å². The van der Waals surface area contributed by atoms with Crippen LogP contribution < -0.4 is 5.32 Å². The van der Waals surface area contributed by atoms with E-state index in [0.29, 0.717) is 6.04 Å². The van der Waals surface area contributed by atoms with Gasteiger partial charge in [-0.25, -0.2) is 0 Å². The van der Waals surface area contributed by atoms with Crippen molar-refractivity contribution >= 4 is 0 Å². The predicted molar refractivity (Wildman–Crippen MR) is 55.4 cm³/mol. The Morgan fingerprint density at radius 2 is 2.29 bits per heavy atom. The van der Waals surface area contributed by atoms with E-state index in [1.54, 1.807) is 0 Å². The summed E-state index contributed by atoms with van der Waals surface area (Å²) in [7, 11) is 1.83. The zero-order valence-electron chi connectivity index (χ0n) is 9.05. The lowest BCUT2D eigenvalue weighted by atomic mass is 9.80. The molecule has 2 aliphatic rings. The summed E-state index contributed by atoms with van der Waals surface area (Å²) < 4.78 is 11.0. The van der Waals surface area contributed by atoms with Gasteiger partial charge in [0.1, 0.15) is 0 Å². The molecular formula is C11H21NO2. The third-order valence-electron chi connectivity index (χ3n) is 3.57. The van der Waals surface area contributed by atoms with Gasteiger partial charge < -0.3 is 14.8 Å². The number of ether oxygens (including phenoxy) is 2. The molecular weight excluding hydrogens is 178 g/mol. The predicted octanol–water partition coefficient (Wildman–Crippen LogP) is 1.32. The molecule has 1 aliphatic carbocycles. The van der Waals surface area contributed by atoms with Crippen LogP contribution in [0.4, 0.5) is 0 Å². The van der Waals surface area contributed by atoms with Crippen LogP contribution in [0.2, 0.25) is 0 Å². The minimum atomic E-state index is 0.150. The van der Waals surface area contributed by atoms with Gasteiger partial charge in [0.2, 0.25) is 0 Å². The molecule has 0 aromatic heterocycles. The number of hydrogen-bond donors (Lipinski definition) is 1. The molecule has 3 nitrogen and oxygen atoms in total. The van der Waals surface area contributed by atoms with Crippen LogP contribution >= 0.6 is 0 Å². The average Bonchev–Trinajstić information content (AvgIpc) is 2.19. The maximum absolute atomic E-state index is 5.56. The molecule has 2 rings (SSSR count). The molecule has 0 amide bonds. The van der Waals surface area contributed by atoms with Gasteiger partial charge in [-0.05, 0) is 32.1 Å². The Kier molecular flexibility index (Phi) is 3.42.